The Kier molecular flexibility index (Phi) is 2.94. The highest BCUT2D eigenvalue weighted by Crippen LogP contribution is 2.16. The largest absolute Gasteiger partial charge is 0.496 e. The van der Waals surface area contributed by atoms with Gasteiger partial charge in [-0.3, -0.25) is 4.18 Å². The highest BCUT2D eigenvalue weighted by atomic mass is 32.2. The van der Waals surface area contributed by atoms with Crippen molar-refractivity contribution >= 4 is 10.1 Å². The van der Waals surface area contributed by atoms with Crippen molar-refractivity contribution in [3.63, 3.8) is 0 Å². The summed E-state index contributed by atoms with van der Waals surface area (Å²) in [5.74, 6) is 0. The molecule has 1 aliphatic rings. The highest BCUT2D eigenvalue weighted by Gasteiger charge is 2.31. The zero-order valence-electron chi connectivity index (χ0n) is 7.38. The van der Waals surface area contributed by atoms with Gasteiger partial charge in [-0.05, 0) is 13.0 Å². The number of ether oxygens (including phenoxy) is 1. The van der Waals surface area contributed by atoms with Crippen LogP contribution in [-0.2, 0) is 19.0 Å². The summed E-state index contributed by atoms with van der Waals surface area (Å²) in [7, 11) is -3.56. The van der Waals surface area contributed by atoms with Crippen molar-refractivity contribution in [3.8, 4) is 0 Å². The normalized spacial score (nSPS) is 34.2. The van der Waals surface area contributed by atoms with E-state index >= 15 is 0 Å². The molecule has 5 nitrogen and oxygen atoms in total. The minimum Gasteiger partial charge on any atom is -0.496 e. The van der Waals surface area contributed by atoms with E-state index in [-0.39, 0.29) is 0 Å². The maximum Gasteiger partial charge on any atom is 0.264 e. The van der Waals surface area contributed by atoms with E-state index in [9.17, 15) is 13.5 Å². The Hall–Kier alpha value is -0.590. The molecule has 1 rings (SSSR count). The van der Waals surface area contributed by atoms with E-state index in [0.29, 0.717) is 0 Å². The van der Waals surface area contributed by atoms with Gasteiger partial charge in [0.25, 0.3) is 10.1 Å². The average molecular weight is 208 g/mol. The summed E-state index contributed by atoms with van der Waals surface area (Å²) in [5.41, 5.74) is 0. The zero-order valence-corrected chi connectivity index (χ0v) is 8.19. The van der Waals surface area contributed by atoms with E-state index in [1.807, 2.05) is 0 Å². The van der Waals surface area contributed by atoms with Crippen LogP contribution in [0.2, 0.25) is 0 Å². The topological polar surface area (TPSA) is 72.8 Å². The second kappa shape index (κ2) is 3.65. The summed E-state index contributed by atoms with van der Waals surface area (Å²) in [6, 6.07) is 0. The van der Waals surface area contributed by atoms with Crippen molar-refractivity contribution in [3.05, 3.63) is 12.3 Å². The van der Waals surface area contributed by atoms with Gasteiger partial charge in [-0.2, -0.15) is 8.42 Å². The molecule has 0 aromatic carbocycles. The first-order valence-corrected chi connectivity index (χ1v) is 5.60. The van der Waals surface area contributed by atoms with Gasteiger partial charge < -0.3 is 9.84 Å². The third kappa shape index (κ3) is 2.98. The van der Waals surface area contributed by atoms with E-state index in [2.05, 4.69) is 4.18 Å². The van der Waals surface area contributed by atoms with Gasteiger partial charge in [-0.1, -0.05) is 0 Å². The summed E-state index contributed by atoms with van der Waals surface area (Å²) < 4.78 is 31.2. The molecule has 0 unspecified atom stereocenters. The second-order valence-electron chi connectivity index (χ2n) is 2.93. The minimum absolute atomic E-state index is 0.477. The lowest BCUT2D eigenvalue weighted by Crippen LogP contribution is -2.41. The van der Waals surface area contributed by atoms with Gasteiger partial charge >= 0.3 is 0 Å². The molecule has 13 heavy (non-hydrogen) atoms. The fraction of sp³-hybridized carbons (Fsp3) is 0.714. The molecule has 0 aromatic rings. The summed E-state index contributed by atoms with van der Waals surface area (Å²) in [5, 5.41) is 9.35. The van der Waals surface area contributed by atoms with Crippen LogP contribution in [0.4, 0.5) is 0 Å². The van der Waals surface area contributed by atoms with E-state index in [0.717, 1.165) is 6.26 Å². The van der Waals surface area contributed by atoms with Gasteiger partial charge in [0.05, 0.1) is 12.5 Å². The van der Waals surface area contributed by atoms with Crippen LogP contribution < -0.4 is 0 Å². The van der Waals surface area contributed by atoms with Crippen LogP contribution in [0, 0.1) is 0 Å². The van der Waals surface area contributed by atoms with Crippen LogP contribution in [0.5, 0.6) is 0 Å². The fourth-order valence-electron chi connectivity index (χ4n) is 1.05. The van der Waals surface area contributed by atoms with E-state index in [1.165, 1.54) is 12.3 Å². The maximum absolute atomic E-state index is 10.8. The molecule has 0 bridgehead atoms. The van der Waals surface area contributed by atoms with Gasteiger partial charge in [0.2, 0.25) is 0 Å². The molecule has 76 valence electrons. The lowest BCUT2D eigenvalue weighted by molar-refractivity contribution is -0.0365. The minimum atomic E-state index is -3.56. The number of hydrogen-bond donors (Lipinski definition) is 1. The third-order valence-corrected chi connectivity index (χ3v) is 2.23. The molecule has 3 atom stereocenters. The first kappa shape index (κ1) is 10.5. The molecule has 1 heterocycles. The quantitative estimate of drug-likeness (QED) is 0.626. The van der Waals surface area contributed by atoms with Crippen LogP contribution in [0.25, 0.3) is 0 Å². The van der Waals surface area contributed by atoms with Gasteiger partial charge in [-0.15, -0.1) is 0 Å². The van der Waals surface area contributed by atoms with Crippen LogP contribution in [0.3, 0.4) is 0 Å². The van der Waals surface area contributed by atoms with Crippen LogP contribution in [-0.4, -0.2) is 38.1 Å². The SMILES string of the molecule is C[C@H]1OC=C[C@@H](O)[C@@H]1OS(C)(=O)=O. The molecule has 0 fully saturated rings. The molecule has 0 aliphatic carbocycles. The number of rotatable bonds is 2. The fourth-order valence-corrected chi connectivity index (χ4v) is 1.73. The third-order valence-electron chi connectivity index (χ3n) is 1.65. The molecule has 0 radical (unpaired) electrons. The molecule has 6 heteroatoms. The predicted molar refractivity (Wildman–Crippen MR) is 45.4 cm³/mol. The zero-order chi connectivity index (χ0) is 10.1. The summed E-state index contributed by atoms with van der Waals surface area (Å²) >= 11 is 0. The van der Waals surface area contributed by atoms with Crippen molar-refractivity contribution in [2.24, 2.45) is 0 Å². The molecule has 1 aliphatic heterocycles. The molecule has 0 spiro atoms. The van der Waals surface area contributed by atoms with Crippen molar-refractivity contribution in [2.45, 2.75) is 25.2 Å². The monoisotopic (exact) mass is 208 g/mol. The van der Waals surface area contributed by atoms with E-state index in [4.69, 9.17) is 4.74 Å². The van der Waals surface area contributed by atoms with Gasteiger partial charge in [0, 0.05) is 0 Å². The molecule has 0 amide bonds. The van der Waals surface area contributed by atoms with E-state index < -0.39 is 28.4 Å². The molecular formula is C7H12O5S. The van der Waals surface area contributed by atoms with Crippen molar-refractivity contribution in [1.29, 1.82) is 0 Å². The first-order chi connectivity index (χ1) is 5.90. The number of aliphatic hydroxyl groups excluding tert-OH is 1. The molecular weight excluding hydrogens is 196 g/mol. The molecule has 0 saturated carbocycles. The Morgan fingerprint density at radius 1 is 1.54 bits per heavy atom. The lowest BCUT2D eigenvalue weighted by atomic mass is 10.1. The van der Waals surface area contributed by atoms with Gasteiger partial charge in [0.15, 0.2) is 0 Å². The Balaban J connectivity index is 2.72. The van der Waals surface area contributed by atoms with Crippen molar-refractivity contribution < 1.29 is 22.4 Å². The second-order valence-corrected chi connectivity index (χ2v) is 4.53. The Labute approximate surface area is 77.1 Å². The Morgan fingerprint density at radius 2 is 2.15 bits per heavy atom. The average Bonchev–Trinajstić information content (AvgIpc) is 1.95. The van der Waals surface area contributed by atoms with Gasteiger partial charge in [-0.25, -0.2) is 0 Å². The summed E-state index contributed by atoms with van der Waals surface area (Å²) in [6.45, 7) is 1.63. The number of hydrogen-bond acceptors (Lipinski definition) is 5. The maximum atomic E-state index is 10.8. The van der Waals surface area contributed by atoms with Crippen LogP contribution >= 0.6 is 0 Å². The lowest BCUT2D eigenvalue weighted by Gasteiger charge is -2.28. The predicted octanol–water partition coefficient (Wildman–Crippen LogP) is -0.375. The van der Waals surface area contributed by atoms with Crippen molar-refractivity contribution in [1.82, 2.24) is 0 Å². The standard InChI is InChI=1S/C7H12O5S/c1-5-7(12-13(2,9)10)6(8)3-4-11-5/h3-8H,1-2H3/t5-,6-,7-/m1/s1. The molecule has 0 aromatic heterocycles. The number of aliphatic hydroxyl groups is 1. The van der Waals surface area contributed by atoms with E-state index in [1.54, 1.807) is 6.92 Å². The molecule has 0 saturated heterocycles. The van der Waals surface area contributed by atoms with Crippen LogP contribution in [0.15, 0.2) is 12.3 Å². The first-order valence-electron chi connectivity index (χ1n) is 3.78. The highest BCUT2D eigenvalue weighted by molar-refractivity contribution is 7.86. The Morgan fingerprint density at radius 3 is 2.62 bits per heavy atom. The van der Waals surface area contributed by atoms with Gasteiger partial charge in [0.1, 0.15) is 18.3 Å². The van der Waals surface area contributed by atoms with Crippen molar-refractivity contribution in [2.75, 3.05) is 6.26 Å². The molecule has 1 N–H and O–H groups in total. The Bertz CT molecular complexity index is 294. The summed E-state index contributed by atoms with van der Waals surface area (Å²) in [6.07, 6.45) is 1.33. The summed E-state index contributed by atoms with van der Waals surface area (Å²) in [4.78, 5) is 0. The van der Waals surface area contributed by atoms with Crippen LogP contribution in [0.1, 0.15) is 6.92 Å². The smallest absolute Gasteiger partial charge is 0.264 e.